The number of anilines is 1. The van der Waals surface area contributed by atoms with Crippen molar-refractivity contribution in [3.63, 3.8) is 0 Å². The summed E-state index contributed by atoms with van der Waals surface area (Å²) in [5.74, 6) is 0.762. The van der Waals surface area contributed by atoms with E-state index in [1.165, 1.54) is 12.4 Å². The number of alkyl halides is 6. The molecule has 0 spiro atoms. The number of imidazole rings is 1. The maximum absolute atomic E-state index is 13.2. The smallest absolute Gasteiger partial charge is 0.381 e. The summed E-state index contributed by atoms with van der Waals surface area (Å²) in [6.45, 7) is 1.96. The molecule has 1 aromatic carbocycles. The maximum Gasteiger partial charge on any atom is 0.416 e. The molecule has 0 amide bonds. The molecule has 11 heteroatoms. The Kier molecular flexibility index (Phi) is 7.60. The van der Waals surface area contributed by atoms with Crippen LogP contribution >= 0.6 is 0 Å². The summed E-state index contributed by atoms with van der Waals surface area (Å²) in [6.07, 6.45) is -1.35. The van der Waals surface area contributed by atoms with Crippen LogP contribution in [-0.4, -0.2) is 41.3 Å². The van der Waals surface area contributed by atoms with Crippen LogP contribution in [0.25, 0.3) is 16.9 Å². The van der Waals surface area contributed by atoms with E-state index >= 15 is 0 Å². The van der Waals surface area contributed by atoms with Crippen LogP contribution < -0.4 is 5.32 Å². The third-order valence-electron chi connectivity index (χ3n) is 5.10. The molecule has 1 fully saturated rings. The Bertz CT molecular complexity index is 1030. The second-order valence-electron chi connectivity index (χ2n) is 7.21. The van der Waals surface area contributed by atoms with Gasteiger partial charge in [0.05, 0.1) is 18.4 Å². The molecule has 0 saturated carbocycles. The molecule has 3 heterocycles. The van der Waals surface area contributed by atoms with Crippen LogP contribution in [0, 0.1) is 5.92 Å². The molecule has 32 heavy (non-hydrogen) atoms. The molecule has 1 N–H and O–H groups in total. The Morgan fingerprint density at radius 2 is 1.88 bits per heavy atom. The van der Waals surface area contributed by atoms with Crippen LogP contribution in [0.4, 0.5) is 32.2 Å². The predicted molar refractivity (Wildman–Crippen MR) is 107 cm³/mol. The second kappa shape index (κ2) is 10.2. The molecule has 5 nitrogen and oxygen atoms in total. The van der Waals surface area contributed by atoms with E-state index in [1.807, 2.05) is 0 Å². The highest BCUT2D eigenvalue weighted by molar-refractivity contribution is 5.70. The van der Waals surface area contributed by atoms with Gasteiger partial charge in [-0.15, -0.1) is 0 Å². The van der Waals surface area contributed by atoms with Crippen molar-refractivity contribution in [3.8, 4) is 11.3 Å². The highest BCUT2D eigenvalue weighted by atomic mass is 19.4. The number of hydrogen-bond donors (Lipinski definition) is 1. The van der Waals surface area contributed by atoms with Crippen molar-refractivity contribution in [2.75, 3.05) is 32.3 Å². The minimum atomic E-state index is -4.75. The maximum atomic E-state index is 13.2. The molecule has 1 saturated heterocycles. The third-order valence-corrected chi connectivity index (χ3v) is 5.10. The molecule has 0 unspecified atom stereocenters. The average molecular weight is 460 g/mol. The zero-order chi connectivity index (χ0) is 23.3. The number of nitrogens with zero attached hydrogens (tertiary/aromatic N) is 3. The fraction of sp³-hybridized carbons (Fsp3) is 0.429. The first-order chi connectivity index (χ1) is 15.3. The number of fused-ring (bicyclic) bond motifs is 1. The van der Waals surface area contributed by atoms with E-state index in [2.05, 4.69) is 15.3 Å². The Morgan fingerprint density at radius 3 is 2.53 bits per heavy atom. The lowest BCUT2D eigenvalue weighted by Gasteiger charge is -2.22. The summed E-state index contributed by atoms with van der Waals surface area (Å²) in [6, 6.07) is 2.33. The number of rotatable bonds is 5. The van der Waals surface area contributed by atoms with E-state index in [-0.39, 0.29) is 11.3 Å². The summed E-state index contributed by atoms with van der Waals surface area (Å²) < 4.78 is 82.6. The monoisotopic (exact) mass is 460 g/mol. The van der Waals surface area contributed by atoms with Gasteiger partial charge in [-0.3, -0.25) is 4.39 Å². The van der Waals surface area contributed by atoms with E-state index in [4.69, 9.17) is 4.74 Å². The fourth-order valence-corrected chi connectivity index (χ4v) is 3.47. The molecule has 0 atom stereocenters. The number of halogens is 6. The van der Waals surface area contributed by atoms with E-state index < -0.39 is 23.7 Å². The van der Waals surface area contributed by atoms with Gasteiger partial charge in [-0.05, 0) is 37.0 Å². The molecular formula is C21H22F6N4O. The normalized spacial score (nSPS) is 15.0. The average Bonchev–Trinajstić information content (AvgIpc) is 3.27. The van der Waals surface area contributed by atoms with E-state index in [0.717, 1.165) is 25.0 Å². The van der Waals surface area contributed by atoms with Crippen LogP contribution in [0.3, 0.4) is 0 Å². The molecule has 1 aliphatic heterocycles. The lowest BCUT2D eigenvalue weighted by atomic mass is 10.0. The van der Waals surface area contributed by atoms with Crippen molar-refractivity contribution in [1.29, 1.82) is 0 Å². The first-order valence-corrected chi connectivity index (χ1v) is 9.85. The second-order valence-corrected chi connectivity index (χ2v) is 7.21. The molecule has 0 aliphatic carbocycles. The summed E-state index contributed by atoms with van der Waals surface area (Å²) in [5, 5.41) is 3.22. The summed E-state index contributed by atoms with van der Waals surface area (Å²) >= 11 is 0. The topological polar surface area (TPSA) is 51.5 Å². The highest BCUT2D eigenvalue weighted by Gasteiger charge is 2.32. The number of benzene rings is 1. The molecule has 174 valence electrons. The molecule has 3 aromatic rings. The Hall–Kier alpha value is -2.82. The summed E-state index contributed by atoms with van der Waals surface area (Å²) in [7, 11) is 0.500. The SMILES string of the molecule is CF.FC(F)c1cc(-c2cn3ccnc3c(NCC3CCOCC3)n2)cc(C(F)(F)F)c1. The number of hydrogen-bond acceptors (Lipinski definition) is 4. The van der Waals surface area contributed by atoms with Crippen LogP contribution in [0.2, 0.25) is 0 Å². The highest BCUT2D eigenvalue weighted by Crippen LogP contribution is 2.36. The van der Waals surface area contributed by atoms with Crippen LogP contribution in [0.15, 0.2) is 36.8 Å². The molecule has 2 aromatic heterocycles. The van der Waals surface area contributed by atoms with E-state index in [9.17, 15) is 26.3 Å². The number of aromatic nitrogens is 3. The Balaban J connectivity index is 0.00000141. The molecular weight excluding hydrogens is 438 g/mol. The fourth-order valence-electron chi connectivity index (χ4n) is 3.47. The quantitative estimate of drug-likeness (QED) is 0.491. The van der Waals surface area contributed by atoms with Gasteiger partial charge in [0, 0.05) is 49.5 Å². The summed E-state index contributed by atoms with van der Waals surface area (Å²) in [5.41, 5.74) is -1.23. The molecule has 4 rings (SSSR count). The lowest BCUT2D eigenvalue weighted by molar-refractivity contribution is -0.137. The van der Waals surface area contributed by atoms with E-state index in [1.54, 1.807) is 10.6 Å². The van der Waals surface area contributed by atoms with Crippen LogP contribution in [0.1, 0.15) is 30.4 Å². The van der Waals surface area contributed by atoms with Crippen molar-refractivity contribution >= 4 is 11.5 Å². The van der Waals surface area contributed by atoms with Crippen molar-refractivity contribution in [1.82, 2.24) is 14.4 Å². The van der Waals surface area contributed by atoms with Gasteiger partial charge < -0.3 is 14.5 Å². The van der Waals surface area contributed by atoms with Gasteiger partial charge >= 0.3 is 6.18 Å². The van der Waals surface area contributed by atoms with Crippen molar-refractivity contribution in [2.24, 2.45) is 5.92 Å². The first-order valence-electron chi connectivity index (χ1n) is 9.85. The van der Waals surface area contributed by atoms with Gasteiger partial charge in [-0.1, -0.05) is 0 Å². The minimum Gasteiger partial charge on any atom is -0.381 e. The van der Waals surface area contributed by atoms with Gasteiger partial charge in [-0.2, -0.15) is 13.2 Å². The Labute approximate surface area is 180 Å². The van der Waals surface area contributed by atoms with Crippen molar-refractivity contribution < 1.29 is 31.1 Å². The lowest BCUT2D eigenvalue weighted by Crippen LogP contribution is -2.23. The number of ether oxygens (including phenoxy) is 1. The largest absolute Gasteiger partial charge is 0.416 e. The van der Waals surface area contributed by atoms with Gasteiger partial charge in [-0.25, -0.2) is 18.7 Å². The minimum absolute atomic E-state index is 0.0372. The molecule has 0 bridgehead atoms. The summed E-state index contributed by atoms with van der Waals surface area (Å²) in [4.78, 5) is 8.65. The van der Waals surface area contributed by atoms with Crippen LogP contribution in [-0.2, 0) is 10.9 Å². The Morgan fingerprint density at radius 1 is 1.16 bits per heavy atom. The first kappa shape index (κ1) is 23.8. The van der Waals surface area contributed by atoms with Gasteiger partial charge in [0.1, 0.15) is 0 Å². The zero-order valence-corrected chi connectivity index (χ0v) is 17.2. The standard InChI is InChI=1S/C20H19F5N4O.CH3F/c21-17(22)14-7-13(8-15(9-14)20(23,24)25)16-11-29-4-3-26-19(29)18(28-16)27-10-12-1-5-30-6-2-12;1-2/h3-4,7-9,11-12,17H,1-2,5-6,10H2,(H,27,28);1H3. The zero-order valence-electron chi connectivity index (χ0n) is 17.2. The van der Waals surface area contributed by atoms with E-state index in [0.29, 0.717) is 50.4 Å². The van der Waals surface area contributed by atoms with Crippen molar-refractivity contribution in [3.05, 3.63) is 47.9 Å². The third kappa shape index (κ3) is 5.50. The van der Waals surface area contributed by atoms with Gasteiger partial charge in [0.2, 0.25) is 0 Å². The van der Waals surface area contributed by atoms with Gasteiger partial charge in [0.15, 0.2) is 11.5 Å². The predicted octanol–water partition coefficient (Wildman–Crippen LogP) is 5.78. The van der Waals surface area contributed by atoms with Gasteiger partial charge in [0.25, 0.3) is 6.43 Å². The van der Waals surface area contributed by atoms with Crippen molar-refractivity contribution in [2.45, 2.75) is 25.4 Å². The number of nitrogens with one attached hydrogen (secondary N) is 1. The molecule has 1 aliphatic rings. The molecule has 0 radical (unpaired) electrons. The van der Waals surface area contributed by atoms with Crippen LogP contribution in [0.5, 0.6) is 0 Å².